The van der Waals surface area contributed by atoms with Crippen LogP contribution < -0.4 is 15.9 Å². The van der Waals surface area contributed by atoms with E-state index in [4.69, 9.17) is 9.90 Å². The van der Waals surface area contributed by atoms with Crippen LogP contribution in [0.2, 0.25) is 0 Å². The lowest BCUT2D eigenvalue weighted by Crippen LogP contribution is -2.50. The van der Waals surface area contributed by atoms with E-state index in [1.807, 2.05) is 12.1 Å². The molecule has 0 radical (unpaired) electrons. The number of imidazole rings is 1. The number of nitrogens with zero attached hydrogens (tertiary/aromatic N) is 2. The maximum atomic E-state index is 11.4. The van der Waals surface area contributed by atoms with E-state index in [-0.39, 0.29) is 5.69 Å². The number of anilines is 1. The van der Waals surface area contributed by atoms with Crippen molar-refractivity contribution in [2.45, 2.75) is 25.7 Å². The number of aromatic amines is 2. The summed E-state index contributed by atoms with van der Waals surface area (Å²) in [5.74, 6) is -2.76. The Morgan fingerprint density at radius 1 is 1.06 bits per heavy atom. The number of aliphatic carboxylic acids is 1. The molecule has 0 amide bonds. The summed E-state index contributed by atoms with van der Waals surface area (Å²) in [5.41, 5.74) is 4.07. The summed E-state index contributed by atoms with van der Waals surface area (Å²) in [5, 5.41) is 10.7. The standard InChI is InChI=1S/C21H27N5O.C2HF3O2/c1-16(22-14-17-7-8-19-20(13-17)24-21(27)23-19)15-25-9-11-26(12-10-25)18-5-3-2-4-6-18;3-2(4,5)1(6)7/h2-8,13,16,22H,9-12,14-15H2,1H3,(H2,23,24,27);(H,6,7). The zero-order chi connectivity index (χ0) is 24.7. The molecule has 4 N–H and O–H groups in total. The second-order valence-corrected chi connectivity index (χ2v) is 8.17. The van der Waals surface area contributed by atoms with Crippen LogP contribution in [0.4, 0.5) is 18.9 Å². The van der Waals surface area contributed by atoms with Gasteiger partial charge in [0.2, 0.25) is 0 Å². The summed E-state index contributed by atoms with van der Waals surface area (Å²) in [6.07, 6.45) is -5.08. The van der Waals surface area contributed by atoms with Gasteiger partial charge in [0.25, 0.3) is 0 Å². The van der Waals surface area contributed by atoms with Gasteiger partial charge in [-0.3, -0.25) is 4.90 Å². The summed E-state index contributed by atoms with van der Waals surface area (Å²) < 4.78 is 31.7. The average Bonchev–Trinajstić information content (AvgIpc) is 3.18. The van der Waals surface area contributed by atoms with Gasteiger partial charge in [0.1, 0.15) is 0 Å². The molecule has 2 heterocycles. The van der Waals surface area contributed by atoms with E-state index in [2.05, 4.69) is 68.4 Å². The molecule has 0 saturated carbocycles. The van der Waals surface area contributed by atoms with Crippen LogP contribution in [-0.2, 0) is 11.3 Å². The third-order valence-corrected chi connectivity index (χ3v) is 5.50. The SMILES string of the molecule is CC(CN1CCN(c2ccccc2)CC1)NCc1ccc2[nH]c(=O)[nH]c2c1.O=C(O)C(F)(F)F. The number of carbonyl (C=O) groups is 1. The molecule has 3 aromatic rings. The molecule has 8 nitrogen and oxygen atoms in total. The molecule has 1 atom stereocenters. The topological polar surface area (TPSA) is 104 Å². The number of para-hydroxylation sites is 1. The predicted octanol–water partition coefficient (Wildman–Crippen LogP) is 2.79. The highest BCUT2D eigenvalue weighted by atomic mass is 19.4. The molecule has 1 unspecified atom stereocenters. The number of benzene rings is 2. The van der Waals surface area contributed by atoms with E-state index >= 15 is 0 Å². The van der Waals surface area contributed by atoms with Crippen molar-refractivity contribution < 1.29 is 23.1 Å². The highest BCUT2D eigenvalue weighted by Crippen LogP contribution is 2.16. The molecule has 4 rings (SSSR count). The third kappa shape index (κ3) is 7.35. The van der Waals surface area contributed by atoms with Crippen LogP contribution in [0, 0.1) is 0 Å². The van der Waals surface area contributed by atoms with Gasteiger partial charge in [-0.25, -0.2) is 9.59 Å². The molecule has 1 fully saturated rings. The molecule has 1 saturated heterocycles. The van der Waals surface area contributed by atoms with E-state index < -0.39 is 12.1 Å². The van der Waals surface area contributed by atoms with Crippen molar-refractivity contribution >= 4 is 22.7 Å². The van der Waals surface area contributed by atoms with Gasteiger partial charge >= 0.3 is 17.8 Å². The van der Waals surface area contributed by atoms with E-state index in [1.165, 1.54) is 11.3 Å². The van der Waals surface area contributed by atoms with Crippen LogP contribution in [-0.4, -0.2) is 70.9 Å². The van der Waals surface area contributed by atoms with Gasteiger partial charge in [-0.15, -0.1) is 0 Å². The Morgan fingerprint density at radius 2 is 1.68 bits per heavy atom. The van der Waals surface area contributed by atoms with E-state index in [0.717, 1.165) is 50.3 Å². The molecule has 184 valence electrons. The van der Waals surface area contributed by atoms with Gasteiger partial charge in [-0.2, -0.15) is 13.2 Å². The monoisotopic (exact) mass is 479 g/mol. The van der Waals surface area contributed by atoms with Gasteiger partial charge < -0.3 is 25.3 Å². The van der Waals surface area contributed by atoms with Crippen LogP contribution in [0.1, 0.15) is 12.5 Å². The maximum Gasteiger partial charge on any atom is 0.490 e. The number of nitrogens with one attached hydrogen (secondary N) is 3. The number of piperazine rings is 1. The highest BCUT2D eigenvalue weighted by Gasteiger charge is 2.38. The summed E-state index contributed by atoms with van der Waals surface area (Å²) in [4.78, 5) is 30.8. The van der Waals surface area contributed by atoms with Crippen LogP contribution >= 0.6 is 0 Å². The second-order valence-electron chi connectivity index (χ2n) is 8.17. The number of hydrogen-bond donors (Lipinski definition) is 4. The fraction of sp³-hybridized carbons (Fsp3) is 0.391. The minimum absolute atomic E-state index is 0.155. The van der Waals surface area contributed by atoms with Gasteiger partial charge in [-0.1, -0.05) is 24.3 Å². The number of aromatic nitrogens is 2. The first kappa shape index (κ1) is 25.3. The number of carboxylic acids is 1. The van der Waals surface area contributed by atoms with E-state index in [0.29, 0.717) is 6.04 Å². The van der Waals surface area contributed by atoms with Crippen molar-refractivity contribution in [3.05, 3.63) is 64.6 Å². The smallest absolute Gasteiger partial charge is 0.475 e. The molecule has 34 heavy (non-hydrogen) atoms. The van der Waals surface area contributed by atoms with Gasteiger partial charge in [0.15, 0.2) is 0 Å². The van der Waals surface area contributed by atoms with Crippen molar-refractivity contribution in [2.75, 3.05) is 37.6 Å². The predicted molar refractivity (Wildman–Crippen MR) is 124 cm³/mol. The first-order chi connectivity index (χ1) is 16.1. The first-order valence-corrected chi connectivity index (χ1v) is 10.9. The Kier molecular flexibility index (Phi) is 8.35. The zero-order valence-electron chi connectivity index (χ0n) is 18.7. The van der Waals surface area contributed by atoms with Crippen molar-refractivity contribution in [2.24, 2.45) is 0 Å². The molecule has 0 spiro atoms. The lowest BCUT2D eigenvalue weighted by atomic mass is 10.2. The number of rotatable bonds is 6. The number of carboxylic acid groups (broad SMARTS) is 1. The summed E-state index contributed by atoms with van der Waals surface area (Å²) in [7, 11) is 0. The van der Waals surface area contributed by atoms with Crippen molar-refractivity contribution in [3.8, 4) is 0 Å². The van der Waals surface area contributed by atoms with Gasteiger partial charge in [0, 0.05) is 51.0 Å². The second kappa shape index (κ2) is 11.2. The number of H-pyrrole nitrogens is 2. The molecule has 1 aromatic heterocycles. The van der Waals surface area contributed by atoms with Crippen molar-refractivity contribution in [1.82, 2.24) is 20.2 Å². The molecule has 1 aliphatic heterocycles. The molecule has 2 aromatic carbocycles. The minimum atomic E-state index is -5.08. The minimum Gasteiger partial charge on any atom is -0.475 e. The number of fused-ring (bicyclic) bond motifs is 1. The largest absolute Gasteiger partial charge is 0.490 e. The highest BCUT2D eigenvalue weighted by molar-refractivity contribution is 5.75. The molecule has 1 aliphatic rings. The lowest BCUT2D eigenvalue weighted by molar-refractivity contribution is -0.192. The van der Waals surface area contributed by atoms with Crippen LogP contribution in [0.3, 0.4) is 0 Å². The van der Waals surface area contributed by atoms with Crippen LogP contribution in [0.15, 0.2) is 53.3 Å². The third-order valence-electron chi connectivity index (χ3n) is 5.50. The molecule has 0 bridgehead atoms. The number of alkyl halides is 3. The van der Waals surface area contributed by atoms with E-state index in [1.54, 1.807) is 0 Å². The van der Waals surface area contributed by atoms with Gasteiger partial charge in [-0.05, 0) is 36.8 Å². The molecule has 0 aliphatic carbocycles. The molecule has 11 heteroatoms. The first-order valence-electron chi connectivity index (χ1n) is 10.9. The Morgan fingerprint density at radius 3 is 2.29 bits per heavy atom. The summed E-state index contributed by atoms with van der Waals surface area (Å²) in [6.45, 7) is 8.43. The zero-order valence-corrected chi connectivity index (χ0v) is 18.7. The number of halogens is 3. The quantitative estimate of drug-likeness (QED) is 0.434. The fourth-order valence-electron chi connectivity index (χ4n) is 3.76. The fourth-order valence-corrected chi connectivity index (χ4v) is 3.76. The van der Waals surface area contributed by atoms with Gasteiger partial charge in [0.05, 0.1) is 11.0 Å². The van der Waals surface area contributed by atoms with Crippen LogP contribution in [0.25, 0.3) is 11.0 Å². The maximum absolute atomic E-state index is 11.4. The van der Waals surface area contributed by atoms with Crippen molar-refractivity contribution in [3.63, 3.8) is 0 Å². The van der Waals surface area contributed by atoms with Crippen LogP contribution in [0.5, 0.6) is 0 Å². The summed E-state index contributed by atoms with van der Waals surface area (Å²) >= 11 is 0. The number of hydrogen-bond acceptors (Lipinski definition) is 5. The van der Waals surface area contributed by atoms with Crippen molar-refractivity contribution in [1.29, 1.82) is 0 Å². The normalized spacial score (nSPS) is 15.6. The molecular weight excluding hydrogens is 451 g/mol. The Labute approximate surface area is 194 Å². The lowest BCUT2D eigenvalue weighted by Gasteiger charge is -2.37. The Balaban J connectivity index is 0.000000406. The Hall–Kier alpha value is -3.31. The van der Waals surface area contributed by atoms with E-state index in [9.17, 15) is 18.0 Å². The average molecular weight is 480 g/mol. The summed E-state index contributed by atoms with van der Waals surface area (Å²) in [6, 6.07) is 17.1. The molecular formula is C23H28F3N5O3. The Bertz CT molecular complexity index is 1120.